The number of rotatable bonds is 5. The minimum atomic E-state index is -0.727. The van der Waals surface area contributed by atoms with E-state index in [0.717, 1.165) is 5.57 Å². The van der Waals surface area contributed by atoms with Gasteiger partial charge in [-0.3, -0.25) is 4.79 Å². The Balaban J connectivity index is 4.68. The van der Waals surface area contributed by atoms with E-state index >= 15 is 0 Å². The number of halogens is 1. The summed E-state index contributed by atoms with van der Waals surface area (Å²) in [7, 11) is 0. The van der Waals surface area contributed by atoms with Crippen molar-refractivity contribution in [3.63, 3.8) is 0 Å². The van der Waals surface area contributed by atoms with Crippen molar-refractivity contribution in [1.82, 2.24) is 0 Å². The number of allylic oxidation sites excluding steroid dienone is 1. The van der Waals surface area contributed by atoms with E-state index < -0.39 is 11.4 Å². The molecule has 0 saturated carbocycles. The third kappa shape index (κ3) is 3.03. The van der Waals surface area contributed by atoms with Crippen LogP contribution in [0.15, 0.2) is 11.1 Å². The van der Waals surface area contributed by atoms with Gasteiger partial charge in [0.15, 0.2) is 0 Å². The lowest BCUT2D eigenvalue weighted by atomic mass is 9.77. The Hall–Kier alpha value is -0.500. The van der Waals surface area contributed by atoms with Crippen LogP contribution in [-0.4, -0.2) is 11.1 Å². The molecule has 0 aromatic carbocycles. The van der Waals surface area contributed by atoms with Crippen molar-refractivity contribution in [2.24, 2.45) is 5.41 Å². The van der Waals surface area contributed by atoms with Gasteiger partial charge in [0.05, 0.1) is 5.41 Å². The van der Waals surface area contributed by atoms with E-state index in [4.69, 9.17) is 16.7 Å². The van der Waals surface area contributed by atoms with Gasteiger partial charge >= 0.3 is 5.97 Å². The largest absolute Gasteiger partial charge is 0.481 e. The van der Waals surface area contributed by atoms with Crippen LogP contribution in [0.3, 0.4) is 0 Å². The fourth-order valence-electron chi connectivity index (χ4n) is 1.45. The first-order chi connectivity index (χ1) is 6.02. The minimum absolute atomic E-state index is 0.541. The van der Waals surface area contributed by atoms with E-state index in [2.05, 4.69) is 0 Å². The molecule has 3 heteroatoms. The number of carboxylic acids is 1. The molecule has 0 radical (unpaired) electrons. The first-order valence-corrected chi connectivity index (χ1v) is 4.95. The maximum Gasteiger partial charge on any atom is 0.309 e. The van der Waals surface area contributed by atoms with Gasteiger partial charge in [-0.15, -0.1) is 0 Å². The molecule has 0 rings (SSSR count). The first kappa shape index (κ1) is 12.5. The Labute approximate surface area is 84.6 Å². The van der Waals surface area contributed by atoms with Gasteiger partial charge in [-0.1, -0.05) is 31.0 Å². The molecule has 0 aliphatic carbocycles. The van der Waals surface area contributed by atoms with Crippen LogP contribution < -0.4 is 0 Å². The molecule has 2 nitrogen and oxygen atoms in total. The van der Waals surface area contributed by atoms with Gasteiger partial charge < -0.3 is 5.11 Å². The van der Waals surface area contributed by atoms with Crippen LogP contribution in [0, 0.1) is 5.41 Å². The first-order valence-electron chi connectivity index (χ1n) is 4.51. The normalized spacial score (nSPS) is 13.1. The van der Waals surface area contributed by atoms with Gasteiger partial charge in [0.25, 0.3) is 0 Å². The Morgan fingerprint density at radius 3 is 2.15 bits per heavy atom. The van der Waals surface area contributed by atoms with Gasteiger partial charge in [-0.2, -0.15) is 0 Å². The lowest BCUT2D eigenvalue weighted by Crippen LogP contribution is -2.29. The molecule has 0 aliphatic rings. The van der Waals surface area contributed by atoms with Crippen molar-refractivity contribution in [3.8, 4) is 0 Å². The van der Waals surface area contributed by atoms with E-state index in [0.29, 0.717) is 19.3 Å². The van der Waals surface area contributed by atoms with Crippen molar-refractivity contribution in [1.29, 1.82) is 0 Å². The second-order valence-corrected chi connectivity index (χ2v) is 3.64. The second kappa shape index (κ2) is 5.28. The van der Waals surface area contributed by atoms with Crippen LogP contribution in [0.4, 0.5) is 0 Å². The SMILES string of the molecule is CCC(CC)(CC(C)=CCl)C(=O)O. The fraction of sp³-hybridized carbons (Fsp3) is 0.700. The average molecular weight is 205 g/mol. The lowest BCUT2D eigenvalue weighted by Gasteiger charge is -2.26. The molecule has 0 unspecified atom stereocenters. The number of carbonyl (C=O) groups is 1. The zero-order chi connectivity index (χ0) is 10.5. The smallest absolute Gasteiger partial charge is 0.309 e. The highest BCUT2D eigenvalue weighted by atomic mass is 35.5. The summed E-state index contributed by atoms with van der Waals surface area (Å²) in [5, 5.41) is 9.10. The summed E-state index contributed by atoms with van der Waals surface area (Å²) < 4.78 is 0. The van der Waals surface area contributed by atoms with Crippen LogP contribution >= 0.6 is 11.6 Å². The van der Waals surface area contributed by atoms with Crippen LogP contribution in [0.5, 0.6) is 0 Å². The number of hydrogen-bond acceptors (Lipinski definition) is 1. The number of aliphatic carboxylic acids is 1. The third-order valence-electron chi connectivity index (χ3n) is 2.61. The van der Waals surface area contributed by atoms with E-state index in [-0.39, 0.29) is 0 Å². The maximum absolute atomic E-state index is 11.1. The molecule has 0 aliphatic heterocycles. The molecule has 0 bridgehead atoms. The number of carboxylic acid groups (broad SMARTS) is 1. The highest BCUT2D eigenvalue weighted by molar-refractivity contribution is 6.25. The fourth-order valence-corrected chi connectivity index (χ4v) is 1.53. The average Bonchev–Trinajstić information content (AvgIpc) is 2.13. The third-order valence-corrected chi connectivity index (χ3v) is 2.98. The summed E-state index contributed by atoms with van der Waals surface area (Å²) in [6, 6.07) is 0. The molecule has 76 valence electrons. The molecule has 0 fully saturated rings. The Morgan fingerprint density at radius 1 is 1.46 bits per heavy atom. The molecule has 1 N–H and O–H groups in total. The predicted molar refractivity (Wildman–Crippen MR) is 54.9 cm³/mol. The lowest BCUT2D eigenvalue weighted by molar-refractivity contribution is -0.149. The predicted octanol–water partition coefficient (Wildman–Crippen LogP) is 3.41. The van der Waals surface area contributed by atoms with Crippen molar-refractivity contribution >= 4 is 17.6 Å². The highest BCUT2D eigenvalue weighted by Gasteiger charge is 2.34. The molecule has 0 amide bonds. The Morgan fingerprint density at radius 2 is 1.92 bits per heavy atom. The molecule has 13 heavy (non-hydrogen) atoms. The standard InChI is InChI=1S/C10H17ClO2/c1-4-10(5-2,9(12)13)6-8(3)7-11/h7H,4-6H2,1-3H3,(H,12,13). The van der Waals surface area contributed by atoms with Gasteiger partial charge in [0, 0.05) is 5.54 Å². The minimum Gasteiger partial charge on any atom is -0.481 e. The number of hydrogen-bond donors (Lipinski definition) is 1. The summed E-state index contributed by atoms with van der Waals surface area (Å²) >= 11 is 5.52. The molecule has 0 aromatic rings. The molecular formula is C10H17ClO2. The van der Waals surface area contributed by atoms with Crippen molar-refractivity contribution < 1.29 is 9.90 Å². The maximum atomic E-state index is 11.1. The summed E-state index contributed by atoms with van der Waals surface area (Å²) in [6.45, 7) is 5.66. The van der Waals surface area contributed by atoms with Crippen LogP contribution in [-0.2, 0) is 4.79 Å². The van der Waals surface area contributed by atoms with E-state index in [9.17, 15) is 4.79 Å². The molecular weight excluding hydrogens is 188 g/mol. The summed E-state index contributed by atoms with van der Waals surface area (Å²) in [5.74, 6) is -0.727. The molecule has 0 aromatic heterocycles. The zero-order valence-corrected chi connectivity index (χ0v) is 9.19. The van der Waals surface area contributed by atoms with Crippen LogP contribution in [0.25, 0.3) is 0 Å². The van der Waals surface area contributed by atoms with E-state index in [1.807, 2.05) is 20.8 Å². The van der Waals surface area contributed by atoms with E-state index in [1.165, 1.54) is 5.54 Å². The quantitative estimate of drug-likeness (QED) is 0.745. The Kier molecular flexibility index (Phi) is 5.07. The van der Waals surface area contributed by atoms with Gasteiger partial charge in [-0.05, 0) is 26.2 Å². The topological polar surface area (TPSA) is 37.3 Å². The van der Waals surface area contributed by atoms with Crippen molar-refractivity contribution in [2.75, 3.05) is 0 Å². The van der Waals surface area contributed by atoms with Gasteiger partial charge in [0.2, 0.25) is 0 Å². The molecule has 0 heterocycles. The van der Waals surface area contributed by atoms with Crippen molar-refractivity contribution in [3.05, 3.63) is 11.1 Å². The molecule has 0 saturated heterocycles. The summed E-state index contributed by atoms with van der Waals surface area (Å²) in [6.07, 6.45) is 1.82. The van der Waals surface area contributed by atoms with Gasteiger partial charge in [-0.25, -0.2) is 0 Å². The van der Waals surface area contributed by atoms with Crippen LogP contribution in [0.1, 0.15) is 40.0 Å². The van der Waals surface area contributed by atoms with Gasteiger partial charge in [0.1, 0.15) is 0 Å². The Bertz CT molecular complexity index is 205. The molecule has 0 atom stereocenters. The monoisotopic (exact) mass is 204 g/mol. The summed E-state index contributed by atoms with van der Waals surface area (Å²) in [5.41, 5.74) is 1.76. The molecule has 0 spiro atoms. The van der Waals surface area contributed by atoms with E-state index in [1.54, 1.807) is 0 Å². The van der Waals surface area contributed by atoms with Crippen molar-refractivity contribution in [2.45, 2.75) is 40.0 Å². The van der Waals surface area contributed by atoms with Crippen LogP contribution in [0.2, 0.25) is 0 Å². The summed E-state index contributed by atoms with van der Waals surface area (Å²) in [4.78, 5) is 11.1. The second-order valence-electron chi connectivity index (χ2n) is 3.42. The zero-order valence-electron chi connectivity index (χ0n) is 8.43. The highest BCUT2D eigenvalue weighted by Crippen LogP contribution is 2.34.